The fraction of sp³-hybridized carbons (Fsp3) is 0.600. The second-order valence-corrected chi connectivity index (χ2v) is 5.79. The maximum absolute atomic E-state index is 12.3. The van der Waals surface area contributed by atoms with Gasteiger partial charge in [-0.2, -0.15) is 4.98 Å². The van der Waals surface area contributed by atoms with E-state index in [0.717, 1.165) is 49.3 Å². The van der Waals surface area contributed by atoms with Gasteiger partial charge in [-0.1, -0.05) is 13.3 Å². The van der Waals surface area contributed by atoms with E-state index in [0.29, 0.717) is 12.3 Å². The van der Waals surface area contributed by atoms with Gasteiger partial charge in [0.15, 0.2) is 0 Å². The fourth-order valence-corrected chi connectivity index (χ4v) is 2.72. The van der Waals surface area contributed by atoms with Gasteiger partial charge in [0.1, 0.15) is 12.4 Å². The summed E-state index contributed by atoms with van der Waals surface area (Å²) in [5.41, 5.74) is -0.342. The van der Waals surface area contributed by atoms with Crippen molar-refractivity contribution in [2.45, 2.75) is 39.2 Å². The highest BCUT2D eigenvalue weighted by Crippen LogP contribution is 2.17. The van der Waals surface area contributed by atoms with Crippen molar-refractivity contribution in [2.24, 2.45) is 0 Å². The summed E-state index contributed by atoms with van der Waals surface area (Å²) < 4.78 is 2.54. The van der Waals surface area contributed by atoms with E-state index in [1.807, 2.05) is 6.07 Å². The lowest BCUT2D eigenvalue weighted by Gasteiger charge is -2.15. The molecule has 124 valence electrons. The van der Waals surface area contributed by atoms with E-state index in [2.05, 4.69) is 27.2 Å². The molecule has 0 saturated carbocycles. The van der Waals surface area contributed by atoms with Crippen molar-refractivity contribution in [3.63, 3.8) is 0 Å². The first-order valence-corrected chi connectivity index (χ1v) is 8.17. The third-order valence-electron chi connectivity index (χ3n) is 4.02. The molecule has 0 bridgehead atoms. The van der Waals surface area contributed by atoms with Gasteiger partial charge in [0, 0.05) is 25.8 Å². The summed E-state index contributed by atoms with van der Waals surface area (Å²) in [4.78, 5) is 30.7. The summed E-state index contributed by atoms with van der Waals surface area (Å²) in [5.74, 6) is 0.962. The van der Waals surface area contributed by atoms with Gasteiger partial charge < -0.3 is 10.2 Å². The number of nitrogens with zero attached hydrogens (tertiary/aromatic N) is 5. The number of amides is 1. The number of carbonyl (C=O) groups is 1. The minimum absolute atomic E-state index is 0.0784. The van der Waals surface area contributed by atoms with E-state index in [4.69, 9.17) is 0 Å². The predicted molar refractivity (Wildman–Crippen MR) is 86.6 cm³/mol. The number of hydrogen-bond donors (Lipinski definition) is 1. The Morgan fingerprint density at radius 3 is 2.87 bits per heavy atom. The lowest BCUT2D eigenvalue weighted by molar-refractivity contribution is -0.121. The fourth-order valence-electron chi connectivity index (χ4n) is 2.72. The normalized spacial score (nSPS) is 14.6. The van der Waals surface area contributed by atoms with Crippen molar-refractivity contribution < 1.29 is 4.79 Å². The van der Waals surface area contributed by atoms with Crippen molar-refractivity contribution in [2.75, 3.05) is 24.5 Å². The summed E-state index contributed by atoms with van der Waals surface area (Å²) in [5, 5.41) is 6.96. The molecular formula is C15H22N6O2. The van der Waals surface area contributed by atoms with Gasteiger partial charge in [-0.25, -0.2) is 13.9 Å². The first-order chi connectivity index (χ1) is 11.2. The zero-order valence-corrected chi connectivity index (χ0v) is 13.4. The van der Waals surface area contributed by atoms with Gasteiger partial charge in [-0.3, -0.25) is 4.79 Å². The Bertz CT molecular complexity index is 744. The van der Waals surface area contributed by atoms with Gasteiger partial charge in [0.25, 0.3) is 5.78 Å². The molecule has 3 heterocycles. The number of rotatable bonds is 6. The van der Waals surface area contributed by atoms with Gasteiger partial charge in [-0.15, -0.1) is 5.10 Å². The van der Waals surface area contributed by atoms with Crippen molar-refractivity contribution in [3.8, 4) is 0 Å². The van der Waals surface area contributed by atoms with Crippen LogP contribution in [-0.4, -0.2) is 44.7 Å². The van der Waals surface area contributed by atoms with Crippen molar-refractivity contribution in [1.29, 1.82) is 0 Å². The highest BCUT2D eigenvalue weighted by molar-refractivity contribution is 5.75. The molecule has 8 nitrogen and oxygen atoms in total. The number of unbranched alkanes of at least 4 members (excludes halogenated alkanes) is 1. The van der Waals surface area contributed by atoms with Crippen LogP contribution in [0.4, 0.5) is 5.82 Å². The topological polar surface area (TPSA) is 84.5 Å². The smallest absolute Gasteiger partial charge is 0.352 e. The Morgan fingerprint density at radius 1 is 1.35 bits per heavy atom. The number of aromatic nitrogens is 4. The van der Waals surface area contributed by atoms with Crippen LogP contribution in [-0.2, 0) is 11.3 Å². The van der Waals surface area contributed by atoms with Gasteiger partial charge in [0.2, 0.25) is 5.91 Å². The Hall–Kier alpha value is -2.38. The first-order valence-electron chi connectivity index (χ1n) is 8.17. The van der Waals surface area contributed by atoms with E-state index in [1.54, 1.807) is 6.20 Å². The minimum Gasteiger partial charge on any atom is -0.356 e. The highest BCUT2D eigenvalue weighted by atomic mass is 16.2. The molecule has 0 aromatic carbocycles. The monoisotopic (exact) mass is 318 g/mol. The molecule has 0 unspecified atom stereocenters. The van der Waals surface area contributed by atoms with E-state index >= 15 is 0 Å². The highest BCUT2D eigenvalue weighted by Gasteiger charge is 2.16. The summed E-state index contributed by atoms with van der Waals surface area (Å²) in [6, 6.07) is 1.83. The molecule has 1 saturated heterocycles. The summed E-state index contributed by atoms with van der Waals surface area (Å²) >= 11 is 0. The van der Waals surface area contributed by atoms with Crippen LogP contribution in [0.2, 0.25) is 0 Å². The second-order valence-electron chi connectivity index (χ2n) is 5.79. The number of anilines is 1. The van der Waals surface area contributed by atoms with Gasteiger partial charge >= 0.3 is 5.69 Å². The molecule has 1 amide bonds. The summed E-state index contributed by atoms with van der Waals surface area (Å²) in [7, 11) is 0. The van der Waals surface area contributed by atoms with E-state index in [1.165, 1.54) is 4.40 Å². The van der Waals surface area contributed by atoms with Crippen LogP contribution >= 0.6 is 0 Å². The van der Waals surface area contributed by atoms with Crippen molar-refractivity contribution in [1.82, 2.24) is 24.5 Å². The van der Waals surface area contributed by atoms with Crippen molar-refractivity contribution >= 4 is 17.5 Å². The van der Waals surface area contributed by atoms with Crippen LogP contribution in [0.1, 0.15) is 32.6 Å². The van der Waals surface area contributed by atoms with E-state index in [-0.39, 0.29) is 18.1 Å². The first kappa shape index (κ1) is 15.5. The molecule has 1 aliphatic rings. The predicted octanol–water partition coefficient (Wildman–Crippen LogP) is 0.408. The Balaban J connectivity index is 1.77. The third kappa shape index (κ3) is 3.35. The molecule has 2 aromatic rings. The maximum atomic E-state index is 12.3. The van der Waals surface area contributed by atoms with Crippen LogP contribution in [0.5, 0.6) is 0 Å². The number of fused-ring (bicyclic) bond motifs is 1. The molecule has 1 N–H and O–H groups in total. The largest absolute Gasteiger partial charge is 0.356 e. The zero-order valence-electron chi connectivity index (χ0n) is 13.4. The Labute approximate surface area is 134 Å². The SMILES string of the molecule is CCCCNC(=O)Cn1nc2nc(N3CCCC3)ccn2c1=O. The quantitative estimate of drug-likeness (QED) is 0.780. The molecule has 0 radical (unpaired) electrons. The van der Waals surface area contributed by atoms with E-state index in [9.17, 15) is 9.59 Å². The second kappa shape index (κ2) is 6.80. The molecule has 8 heteroatoms. The Kier molecular flexibility index (Phi) is 4.59. The van der Waals surface area contributed by atoms with Gasteiger partial charge in [-0.05, 0) is 25.3 Å². The lowest BCUT2D eigenvalue weighted by Crippen LogP contribution is -2.33. The molecule has 0 spiro atoms. The molecule has 2 aromatic heterocycles. The van der Waals surface area contributed by atoms with E-state index < -0.39 is 0 Å². The summed E-state index contributed by atoms with van der Waals surface area (Å²) in [6.07, 6.45) is 5.93. The zero-order chi connectivity index (χ0) is 16.2. The molecule has 0 aliphatic carbocycles. The number of hydrogen-bond acceptors (Lipinski definition) is 5. The Morgan fingerprint density at radius 2 is 2.13 bits per heavy atom. The molecule has 0 atom stereocenters. The van der Waals surface area contributed by atoms with Gasteiger partial charge in [0.05, 0.1) is 0 Å². The molecular weight excluding hydrogens is 296 g/mol. The standard InChI is InChI=1S/C15H22N6O2/c1-2-3-7-16-13(22)11-21-15(23)20-10-6-12(17-14(20)18-21)19-8-4-5-9-19/h6,10H,2-5,7-9,11H2,1H3,(H,16,22). The van der Waals surface area contributed by atoms with Crippen LogP contribution in [0.15, 0.2) is 17.1 Å². The van der Waals surface area contributed by atoms with Crippen LogP contribution < -0.4 is 15.9 Å². The number of carbonyl (C=O) groups excluding carboxylic acids is 1. The van der Waals surface area contributed by atoms with Crippen LogP contribution in [0, 0.1) is 0 Å². The van der Waals surface area contributed by atoms with Crippen LogP contribution in [0.3, 0.4) is 0 Å². The van der Waals surface area contributed by atoms with Crippen molar-refractivity contribution in [3.05, 3.63) is 22.7 Å². The molecule has 3 rings (SSSR count). The maximum Gasteiger partial charge on any atom is 0.352 e. The third-order valence-corrected chi connectivity index (χ3v) is 4.02. The summed E-state index contributed by atoms with van der Waals surface area (Å²) in [6.45, 7) is 4.56. The number of nitrogens with one attached hydrogen (secondary N) is 1. The molecule has 1 aliphatic heterocycles. The molecule has 1 fully saturated rings. The van der Waals surface area contributed by atoms with Crippen LogP contribution in [0.25, 0.3) is 5.78 Å². The minimum atomic E-state index is -0.342. The average molecular weight is 318 g/mol. The lowest BCUT2D eigenvalue weighted by atomic mass is 10.3. The average Bonchev–Trinajstić information content (AvgIpc) is 3.17. The molecule has 23 heavy (non-hydrogen) atoms.